The van der Waals surface area contributed by atoms with Gasteiger partial charge in [0.15, 0.2) is 0 Å². The minimum absolute atomic E-state index is 0.0454. The fourth-order valence-corrected chi connectivity index (χ4v) is 3.39. The molecule has 1 aromatic carbocycles. The van der Waals surface area contributed by atoms with E-state index in [2.05, 4.69) is 10.2 Å². The van der Waals surface area contributed by atoms with Gasteiger partial charge in [-0.15, -0.1) is 0 Å². The molecule has 1 N–H and O–H groups in total. The van der Waals surface area contributed by atoms with Crippen LogP contribution in [-0.2, 0) is 17.7 Å². The summed E-state index contributed by atoms with van der Waals surface area (Å²) in [6.07, 6.45) is 1.53. The normalized spacial score (nSPS) is 14.2. The van der Waals surface area contributed by atoms with E-state index in [1.807, 2.05) is 19.9 Å². The highest BCUT2D eigenvalue weighted by Gasteiger charge is 2.20. The van der Waals surface area contributed by atoms with Crippen molar-refractivity contribution in [2.45, 2.75) is 33.2 Å². The third-order valence-corrected chi connectivity index (χ3v) is 4.70. The summed E-state index contributed by atoms with van der Waals surface area (Å²) in [5, 5.41) is 2.76. The van der Waals surface area contributed by atoms with Gasteiger partial charge in [0.05, 0.1) is 24.5 Å². The van der Waals surface area contributed by atoms with Crippen LogP contribution in [0.2, 0.25) is 0 Å². The maximum absolute atomic E-state index is 13.3. The lowest BCUT2D eigenvalue weighted by Gasteiger charge is -2.29. The number of carbonyl (C=O) groups excluding carboxylic acids is 1. The lowest BCUT2D eigenvalue weighted by molar-refractivity contribution is 0.0948. The van der Waals surface area contributed by atoms with E-state index in [0.29, 0.717) is 30.8 Å². The third-order valence-electron chi connectivity index (χ3n) is 4.70. The lowest BCUT2D eigenvalue weighted by Crippen LogP contribution is -2.37. The average molecular weight is 389 g/mol. The minimum Gasteiger partial charge on any atom is -0.378 e. The molecule has 1 aliphatic rings. The molecule has 1 amide bonds. The lowest BCUT2D eigenvalue weighted by atomic mass is 10.0. The van der Waals surface area contributed by atoms with Gasteiger partial charge in [0.25, 0.3) is 5.91 Å². The molecule has 1 aromatic heterocycles. The first kappa shape index (κ1) is 20.2. The Bertz CT molecular complexity index is 832. The molecule has 2 aromatic rings. The zero-order chi connectivity index (χ0) is 20.1. The summed E-state index contributed by atoms with van der Waals surface area (Å²) in [5.41, 5.74) is 2.49. The van der Waals surface area contributed by atoms with Crippen molar-refractivity contribution >= 4 is 11.7 Å². The Labute approximate surface area is 163 Å². The Hall–Kier alpha value is -2.54. The smallest absolute Gasteiger partial charge is 0.253 e. The van der Waals surface area contributed by atoms with E-state index < -0.39 is 11.6 Å². The Morgan fingerprint density at radius 3 is 2.50 bits per heavy atom. The van der Waals surface area contributed by atoms with Crippen molar-refractivity contribution in [2.75, 3.05) is 31.2 Å². The molecule has 0 unspecified atom stereocenters. The molecule has 3 rings (SSSR count). The molecular formula is C21H25F2N3O2. The molecule has 1 saturated heterocycles. The molecule has 28 heavy (non-hydrogen) atoms. The molecule has 0 aliphatic carbocycles. The minimum atomic E-state index is -0.663. The Balaban J connectivity index is 1.81. The molecule has 0 bridgehead atoms. The van der Waals surface area contributed by atoms with E-state index in [1.54, 1.807) is 0 Å². The van der Waals surface area contributed by atoms with Crippen molar-refractivity contribution in [3.05, 3.63) is 58.3 Å². The summed E-state index contributed by atoms with van der Waals surface area (Å²) < 4.78 is 32.1. The van der Waals surface area contributed by atoms with Crippen molar-refractivity contribution in [2.24, 2.45) is 0 Å². The first-order valence-electron chi connectivity index (χ1n) is 9.54. The van der Waals surface area contributed by atoms with E-state index in [0.717, 1.165) is 42.7 Å². The van der Waals surface area contributed by atoms with E-state index in [4.69, 9.17) is 9.72 Å². The number of hydrogen-bond acceptors (Lipinski definition) is 4. The predicted octanol–water partition coefficient (Wildman–Crippen LogP) is 3.39. The summed E-state index contributed by atoms with van der Waals surface area (Å²) in [6, 6.07) is 5.15. The average Bonchev–Trinajstić information content (AvgIpc) is 2.66. The Morgan fingerprint density at radius 1 is 1.18 bits per heavy atom. The second kappa shape index (κ2) is 9.10. The van der Waals surface area contributed by atoms with Gasteiger partial charge in [-0.2, -0.15) is 0 Å². The number of carbonyl (C=O) groups is 1. The first-order valence-corrected chi connectivity index (χ1v) is 9.54. The number of morpholine rings is 1. The van der Waals surface area contributed by atoms with Gasteiger partial charge in [-0.05, 0) is 42.7 Å². The molecule has 0 radical (unpaired) electrons. The van der Waals surface area contributed by atoms with Crippen LogP contribution in [0.25, 0.3) is 0 Å². The number of aromatic nitrogens is 1. The SMILES string of the molecule is CCCc1nc(N2CCOCC2)cc(C)c1C(=O)NCc1cc(F)cc(F)c1. The van der Waals surface area contributed by atoms with E-state index in [1.165, 1.54) is 12.1 Å². The van der Waals surface area contributed by atoms with Crippen molar-refractivity contribution in [1.29, 1.82) is 0 Å². The van der Waals surface area contributed by atoms with Crippen molar-refractivity contribution < 1.29 is 18.3 Å². The fourth-order valence-electron chi connectivity index (χ4n) is 3.39. The van der Waals surface area contributed by atoms with Crippen LogP contribution in [0.3, 0.4) is 0 Å². The molecule has 150 valence electrons. The zero-order valence-corrected chi connectivity index (χ0v) is 16.2. The second-order valence-electron chi connectivity index (χ2n) is 6.93. The number of anilines is 1. The molecule has 7 heteroatoms. The summed E-state index contributed by atoms with van der Waals surface area (Å²) in [7, 11) is 0. The van der Waals surface area contributed by atoms with Gasteiger partial charge in [0, 0.05) is 25.7 Å². The Morgan fingerprint density at radius 2 is 1.86 bits per heavy atom. The molecule has 5 nitrogen and oxygen atoms in total. The predicted molar refractivity (Wildman–Crippen MR) is 104 cm³/mol. The van der Waals surface area contributed by atoms with Crippen LogP contribution in [0, 0.1) is 18.6 Å². The number of aryl methyl sites for hydroxylation is 2. The van der Waals surface area contributed by atoms with Gasteiger partial charge in [0.2, 0.25) is 0 Å². The number of pyridine rings is 1. The second-order valence-corrected chi connectivity index (χ2v) is 6.93. The van der Waals surface area contributed by atoms with Crippen LogP contribution in [0.4, 0.5) is 14.6 Å². The standard InChI is InChI=1S/C21H25F2N3O2/c1-3-4-18-20(14(2)9-19(25-18)26-5-7-28-8-6-26)21(27)24-13-15-10-16(22)12-17(23)11-15/h9-12H,3-8,13H2,1-2H3,(H,24,27). The quantitative estimate of drug-likeness (QED) is 0.823. The summed E-state index contributed by atoms with van der Waals surface area (Å²) >= 11 is 0. The maximum Gasteiger partial charge on any atom is 0.253 e. The monoisotopic (exact) mass is 389 g/mol. The van der Waals surface area contributed by atoms with E-state index in [9.17, 15) is 13.6 Å². The van der Waals surface area contributed by atoms with Gasteiger partial charge in [0.1, 0.15) is 17.5 Å². The van der Waals surface area contributed by atoms with Crippen LogP contribution in [0.5, 0.6) is 0 Å². The largest absolute Gasteiger partial charge is 0.378 e. The summed E-state index contributed by atoms with van der Waals surface area (Å²) in [5.74, 6) is -0.757. The number of nitrogens with zero attached hydrogens (tertiary/aromatic N) is 2. The topological polar surface area (TPSA) is 54.5 Å². The molecule has 0 saturated carbocycles. The van der Waals surface area contributed by atoms with Crippen LogP contribution >= 0.6 is 0 Å². The summed E-state index contributed by atoms with van der Waals surface area (Å²) in [4.78, 5) is 19.7. The number of hydrogen-bond donors (Lipinski definition) is 1. The van der Waals surface area contributed by atoms with Crippen LogP contribution in [-0.4, -0.2) is 37.2 Å². The van der Waals surface area contributed by atoms with Crippen molar-refractivity contribution in [3.63, 3.8) is 0 Å². The number of halogens is 2. The van der Waals surface area contributed by atoms with Gasteiger partial charge in [-0.3, -0.25) is 4.79 Å². The number of ether oxygens (including phenoxy) is 1. The number of nitrogens with one attached hydrogen (secondary N) is 1. The highest BCUT2D eigenvalue weighted by atomic mass is 19.1. The van der Waals surface area contributed by atoms with Crippen molar-refractivity contribution in [1.82, 2.24) is 10.3 Å². The van der Waals surface area contributed by atoms with E-state index >= 15 is 0 Å². The maximum atomic E-state index is 13.3. The molecule has 0 atom stereocenters. The summed E-state index contributed by atoms with van der Waals surface area (Å²) in [6.45, 7) is 6.84. The Kier molecular flexibility index (Phi) is 6.57. The molecular weight excluding hydrogens is 364 g/mol. The number of rotatable bonds is 6. The highest BCUT2D eigenvalue weighted by molar-refractivity contribution is 5.97. The number of amides is 1. The molecule has 1 aliphatic heterocycles. The first-order chi connectivity index (χ1) is 13.5. The van der Waals surface area contributed by atoms with Crippen molar-refractivity contribution in [3.8, 4) is 0 Å². The molecule has 1 fully saturated rings. The van der Waals surface area contributed by atoms with E-state index in [-0.39, 0.29) is 12.5 Å². The number of benzene rings is 1. The van der Waals surface area contributed by atoms with Gasteiger partial charge in [-0.25, -0.2) is 13.8 Å². The van der Waals surface area contributed by atoms with Crippen LogP contribution < -0.4 is 10.2 Å². The highest BCUT2D eigenvalue weighted by Crippen LogP contribution is 2.22. The van der Waals surface area contributed by atoms with Gasteiger partial charge >= 0.3 is 0 Å². The molecule has 2 heterocycles. The molecule has 0 spiro atoms. The van der Waals surface area contributed by atoms with Gasteiger partial charge in [-0.1, -0.05) is 13.3 Å². The zero-order valence-electron chi connectivity index (χ0n) is 16.2. The fraction of sp³-hybridized carbons (Fsp3) is 0.429. The van der Waals surface area contributed by atoms with Gasteiger partial charge < -0.3 is 15.0 Å². The van der Waals surface area contributed by atoms with Crippen LogP contribution in [0.15, 0.2) is 24.3 Å². The third kappa shape index (κ3) is 4.84. The van der Waals surface area contributed by atoms with Crippen LogP contribution in [0.1, 0.15) is 40.5 Å².